The molecule has 1 fully saturated rings. The molecule has 0 spiro atoms. The van der Waals surface area contributed by atoms with E-state index in [0.29, 0.717) is 6.54 Å². The number of hydrogen-bond acceptors (Lipinski definition) is 4. The average Bonchev–Trinajstić information content (AvgIpc) is 2.65. The van der Waals surface area contributed by atoms with E-state index in [-0.39, 0.29) is 11.8 Å². The predicted octanol–water partition coefficient (Wildman–Crippen LogP) is 1.66. The summed E-state index contributed by atoms with van der Waals surface area (Å²) in [4.78, 5) is 16.2. The Kier molecular flexibility index (Phi) is 3.74. The number of likely N-dealkylation sites (tertiary alicyclic amines) is 1. The van der Waals surface area contributed by atoms with E-state index in [1.54, 1.807) is 11.3 Å². The van der Waals surface area contributed by atoms with Crippen LogP contribution >= 0.6 is 11.3 Å². The molecule has 1 saturated heterocycles. The molecule has 1 aromatic heterocycles. The molecule has 0 aromatic carbocycles. The first-order valence-corrected chi connectivity index (χ1v) is 6.54. The highest BCUT2D eigenvalue weighted by Gasteiger charge is 2.19. The van der Waals surface area contributed by atoms with Crippen molar-refractivity contribution in [2.45, 2.75) is 25.8 Å². The summed E-state index contributed by atoms with van der Waals surface area (Å²) in [5.74, 6) is 0.229. The Hall–Kier alpha value is -0.710. The van der Waals surface area contributed by atoms with Crippen LogP contribution in [0, 0.1) is 6.92 Å². The first kappa shape index (κ1) is 11.8. The second-order valence-corrected chi connectivity index (χ2v) is 5.76. The van der Waals surface area contributed by atoms with E-state index in [9.17, 15) is 4.79 Å². The Balaban J connectivity index is 1.92. The van der Waals surface area contributed by atoms with Crippen molar-refractivity contribution in [3.8, 4) is 0 Å². The highest BCUT2D eigenvalue weighted by molar-refractivity contribution is 7.14. The fourth-order valence-electron chi connectivity index (χ4n) is 2.10. The first-order valence-electron chi connectivity index (χ1n) is 5.73. The van der Waals surface area contributed by atoms with Crippen molar-refractivity contribution in [1.82, 2.24) is 4.90 Å². The van der Waals surface area contributed by atoms with Gasteiger partial charge in [-0.25, -0.2) is 0 Å². The molecule has 1 unspecified atom stereocenters. The van der Waals surface area contributed by atoms with Gasteiger partial charge in [0.15, 0.2) is 5.78 Å². The fourth-order valence-corrected chi connectivity index (χ4v) is 2.90. The molecular weight excluding hydrogens is 220 g/mol. The quantitative estimate of drug-likeness (QED) is 0.815. The number of piperidine rings is 1. The molecule has 88 valence electrons. The first-order chi connectivity index (χ1) is 7.65. The maximum absolute atomic E-state index is 12.0. The number of ketones is 1. The van der Waals surface area contributed by atoms with Crippen LogP contribution in [0.2, 0.25) is 0 Å². The molecule has 0 aliphatic carbocycles. The summed E-state index contributed by atoms with van der Waals surface area (Å²) in [6.07, 6.45) is 2.20. The highest BCUT2D eigenvalue weighted by Crippen LogP contribution is 2.17. The third-order valence-corrected chi connectivity index (χ3v) is 3.97. The van der Waals surface area contributed by atoms with Crippen LogP contribution in [0.25, 0.3) is 0 Å². The van der Waals surface area contributed by atoms with E-state index >= 15 is 0 Å². The molecule has 3 nitrogen and oxygen atoms in total. The molecule has 4 heteroatoms. The minimum absolute atomic E-state index is 0.229. The van der Waals surface area contributed by atoms with Crippen LogP contribution in [0.4, 0.5) is 0 Å². The third kappa shape index (κ3) is 2.90. The monoisotopic (exact) mass is 238 g/mol. The van der Waals surface area contributed by atoms with Gasteiger partial charge in [-0.1, -0.05) is 0 Å². The summed E-state index contributed by atoms with van der Waals surface area (Å²) in [7, 11) is 0. The molecule has 2 rings (SSSR count). The van der Waals surface area contributed by atoms with Crippen LogP contribution in [0.5, 0.6) is 0 Å². The molecule has 2 N–H and O–H groups in total. The lowest BCUT2D eigenvalue weighted by Crippen LogP contribution is -2.44. The summed E-state index contributed by atoms with van der Waals surface area (Å²) >= 11 is 1.58. The topological polar surface area (TPSA) is 46.3 Å². The van der Waals surface area contributed by atoms with Gasteiger partial charge in [-0.2, -0.15) is 0 Å². The number of carbonyl (C=O) groups excluding carboxylic acids is 1. The predicted molar refractivity (Wildman–Crippen MR) is 67.0 cm³/mol. The van der Waals surface area contributed by atoms with Crippen LogP contribution in [-0.4, -0.2) is 36.4 Å². The molecule has 1 aromatic rings. The van der Waals surface area contributed by atoms with E-state index < -0.39 is 0 Å². The van der Waals surface area contributed by atoms with Gasteiger partial charge in [-0.3, -0.25) is 9.69 Å². The maximum Gasteiger partial charge on any atom is 0.186 e. The number of hydrogen-bond donors (Lipinski definition) is 1. The summed E-state index contributed by atoms with van der Waals surface area (Å²) < 4.78 is 0. The van der Waals surface area contributed by atoms with Gasteiger partial charge in [0.25, 0.3) is 0 Å². The average molecular weight is 238 g/mol. The maximum atomic E-state index is 12.0. The van der Waals surface area contributed by atoms with Gasteiger partial charge in [0.1, 0.15) is 0 Å². The molecule has 1 aliphatic rings. The zero-order valence-corrected chi connectivity index (χ0v) is 10.4. The number of nitrogens with two attached hydrogens (primary N) is 1. The van der Waals surface area contributed by atoms with Crippen LogP contribution in [0.1, 0.15) is 27.4 Å². The lowest BCUT2D eigenvalue weighted by molar-refractivity contribution is 0.0912. The van der Waals surface area contributed by atoms with Crippen molar-refractivity contribution in [1.29, 1.82) is 0 Å². The molecule has 1 atom stereocenters. The Morgan fingerprint density at radius 3 is 3.06 bits per heavy atom. The highest BCUT2D eigenvalue weighted by atomic mass is 32.1. The Labute approximate surface area is 100 Å². The number of nitrogens with zero attached hydrogens (tertiary/aromatic N) is 1. The molecule has 0 radical (unpaired) electrons. The van der Waals surface area contributed by atoms with Crippen LogP contribution in [-0.2, 0) is 0 Å². The second-order valence-electron chi connectivity index (χ2n) is 4.47. The summed E-state index contributed by atoms with van der Waals surface area (Å²) in [5.41, 5.74) is 5.89. The number of carbonyl (C=O) groups is 1. The Morgan fingerprint density at radius 2 is 2.44 bits per heavy atom. The molecule has 2 heterocycles. The minimum atomic E-state index is 0.229. The molecule has 1 aliphatic heterocycles. The Morgan fingerprint density at radius 1 is 1.62 bits per heavy atom. The zero-order valence-electron chi connectivity index (χ0n) is 9.61. The van der Waals surface area contributed by atoms with Gasteiger partial charge in [0, 0.05) is 17.5 Å². The smallest absolute Gasteiger partial charge is 0.186 e. The fraction of sp³-hybridized carbons (Fsp3) is 0.583. The number of thiophene rings is 1. The molecule has 0 amide bonds. The Bertz CT molecular complexity index is 375. The van der Waals surface area contributed by atoms with E-state index in [4.69, 9.17) is 5.73 Å². The molecular formula is C12H18N2OS. The third-order valence-electron chi connectivity index (χ3n) is 2.92. The van der Waals surface area contributed by atoms with Gasteiger partial charge in [0.2, 0.25) is 0 Å². The summed E-state index contributed by atoms with van der Waals surface area (Å²) in [5, 5.41) is 0. The van der Waals surface area contributed by atoms with Crippen molar-refractivity contribution in [2.75, 3.05) is 19.6 Å². The molecule has 0 saturated carbocycles. The lowest BCUT2D eigenvalue weighted by Gasteiger charge is -2.29. The van der Waals surface area contributed by atoms with Crippen LogP contribution < -0.4 is 5.73 Å². The molecule has 16 heavy (non-hydrogen) atoms. The lowest BCUT2D eigenvalue weighted by atomic mass is 10.1. The van der Waals surface area contributed by atoms with Gasteiger partial charge in [-0.15, -0.1) is 11.3 Å². The summed E-state index contributed by atoms with van der Waals surface area (Å²) in [6.45, 7) is 4.41. The van der Waals surface area contributed by atoms with E-state index in [1.165, 1.54) is 4.88 Å². The van der Waals surface area contributed by atoms with Crippen LogP contribution in [0.3, 0.4) is 0 Å². The van der Waals surface area contributed by atoms with Crippen LogP contribution in [0.15, 0.2) is 12.1 Å². The normalized spacial score (nSPS) is 22.2. The van der Waals surface area contributed by atoms with Crippen molar-refractivity contribution in [2.24, 2.45) is 5.73 Å². The van der Waals surface area contributed by atoms with Crippen molar-refractivity contribution in [3.63, 3.8) is 0 Å². The van der Waals surface area contributed by atoms with Gasteiger partial charge < -0.3 is 5.73 Å². The zero-order chi connectivity index (χ0) is 11.5. The number of Topliss-reactive ketones (excluding diaryl/α,β-unsaturated/α-hetero) is 1. The number of aryl methyl sites for hydroxylation is 1. The number of rotatable bonds is 3. The largest absolute Gasteiger partial charge is 0.327 e. The van der Waals surface area contributed by atoms with Gasteiger partial charge in [0.05, 0.1) is 11.4 Å². The standard InChI is InChI=1S/C12H18N2OS/c1-9-4-5-12(16-9)11(15)8-14-6-2-3-10(13)7-14/h4-5,10H,2-3,6-8,13H2,1H3. The van der Waals surface area contributed by atoms with Crippen molar-refractivity contribution < 1.29 is 4.79 Å². The van der Waals surface area contributed by atoms with E-state index in [2.05, 4.69) is 4.90 Å². The second kappa shape index (κ2) is 5.08. The van der Waals surface area contributed by atoms with E-state index in [0.717, 1.165) is 30.8 Å². The van der Waals surface area contributed by atoms with Crippen molar-refractivity contribution in [3.05, 3.63) is 21.9 Å². The summed E-state index contributed by atoms with van der Waals surface area (Å²) in [6, 6.07) is 4.16. The minimum Gasteiger partial charge on any atom is -0.327 e. The van der Waals surface area contributed by atoms with Crippen molar-refractivity contribution >= 4 is 17.1 Å². The van der Waals surface area contributed by atoms with E-state index in [1.807, 2.05) is 19.1 Å². The molecule has 0 bridgehead atoms. The van der Waals surface area contributed by atoms with Gasteiger partial charge in [-0.05, 0) is 38.4 Å². The van der Waals surface area contributed by atoms with Gasteiger partial charge >= 0.3 is 0 Å². The SMILES string of the molecule is Cc1ccc(C(=O)CN2CCCC(N)C2)s1.